The van der Waals surface area contributed by atoms with Gasteiger partial charge in [0.2, 0.25) is 15.9 Å². The molecule has 2 aliphatic rings. The molecule has 3 rings (SSSR count). The number of rotatable bonds is 8. The molecule has 3 unspecified atom stereocenters. The third-order valence-electron chi connectivity index (χ3n) is 6.16. The van der Waals surface area contributed by atoms with Crippen LogP contribution >= 0.6 is 0 Å². The molecular weight excluding hydrogens is 398 g/mol. The van der Waals surface area contributed by atoms with Gasteiger partial charge in [0.15, 0.2) is 0 Å². The van der Waals surface area contributed by atoms with Crippen LogP contribution in [-0.4, -0.2) is 51.4 Å². The summed E-state index contributed by atoms with van der Waals surface area (Å²) < 4.78 is 27.8. The molecule has 1 amide bonds. The summed E-state index contributed by atoms with van der Waals surface area (Å²) in [5.74, 6) is 1.26. The van der Waals surface area contributed by atoms with Gasteiger partial charge in [0.25, 0.3) is 0 Å². The van der Waals surface area contributed by atoms with Gasteiger partial charge < -0.3 is 10.2 Å². The van der Waals surface area contributed by atoms with Crippen molar-refractivity contribution in [2.45, 2.75) is 70.2 Å². The predicted molar refractivity (Wildman–Crippen MR) is 120 cm³/mol. The number of likely N-dealkylation sites (tertiary alicyclic amines) is 1. The smallest absolute Gasteiger partial charge is 0.240 e. The van der Waals surface area contributed by atoms with Crippen LogP contribution < -0.4 is 10.0 Å². The Morgan fingerprint density at radius 1 is 1.13 bits per heavy atom. The van der Waals surface area contributed by atoms with E-state index < -0.39 is 10.0 Å². The van der Waals surface area contributed by atoms with Gasteiger partial charge in [-0.25, -0.2) is 13.1 Å². The maximum absolute atomic E-state index is 12.6. The molecule has 6 nitrogen and oxygen atoms in total. The minimum Gasteiger partial charge on any atom is -0.352 e. The fourth-order valence-corrected chi connectivity index (χ4v) is 6.06. The molecule has 168 valence electrons. The van der Waals surface area contributed by atoms with E-state index in [1.54, 1.807) is 12.1 Å². The molecule has 30 heavy (non-hydrogen) atoms. The molecule has 0 aromatic heterocycles. The molecule has 0 radical (unpaired) electrons. The van der Waals surface area contributed by atoms with Gasteiger partial charge in [0.1, 0.15) is 0 Å². The van der Waals surface area contributed by atoms with Gasteiger partial charge >= 0.3 is 0 Å². The summed E-state index contributed by atoms with van der Waals surface area (Å²) in [6, 6.07) is 5.45. The number of amides is 1. The summed E-state index contributed by atoms with van der Waals surface area (Å²) in [6.07, 6.45) is 5.64. The lowest BCUT2D eigenvalue weighted by Gasteiger charge is -2.36. The van der Waals surface area contributed by atoms with Gasteiger partial charge in [-0.2, -0.15) is 0 Å². The Labute approximate surface area is 181 Å². The van der Waals surface area contributed by atoms with E-state index in [4.69, 9.17) is 0 Å². The monoisotopic (exact) mass is 435 g/mol. The van der Waals surface area contributed by atoms with Gasteiger partial charge in [0, 0.05) is 38.6 Å². The second-order valence-corrected chi connectivity index (χ2v) is 11.2. The van der Waals surface area contributed by atoms with Crippen LogP contribution in [-0.2, 0) is 27.7 Å². The van der Waals surface area contributed by atoms with Crippen molar-refractivity contribution in [2.24, 2.45) is 11.8 Å². The first kappa shape index (κ1) is 23.2. The molecule has 1 aromatic carbocycles. The number of fused-ring (bicyclic) bond motifs is 1. The maximum atomic E-state index is 12.6. The van der Waals surface area contributed by atoms with Crippen LogP contribution in [0.25, 0.3) is 0 Å². The molecule has 0 spiro atoms. The fourth-order valence-electron chi connectivity index (χ4n) is 4.98. The lowest BCUT2D eigenvalue weighted by Crippen LogP contribution is -2.47. The summed E-state index contributed by atoms with van der Waals surface area (Å²) in [4.78, 5) is 15.0. The van der Waals surface area contributed by atoms with Crippen molar-refractivity contribution in [3.05, 3.63) is 29.3 Å². The van der Waals surface area contributed by atoms with E-state index in [9.17, 15) is 13.2 Å². The molecule has 1 aliphatic carbocycles. The molecule has 1 aliphatic heterocycles. The number of nitrogens with one attached hydrogen (secondary N) is 2. The summed E-state index contributed by atoms with van der Waals surface area (Å²) >= 11 is 0. The number of aryl methyl sites for hydroxylation is 2. The minimum atomic E-state index is -3.59. The number of hydrogen-bond acceptors (Lipinski definition) is 4. The maximum Gasteiger partial charge on any atom is 0.240 e. The van der Waals surface area contributed by atoms with Gasteiger partial charge in [-0.15, -0.1) is 0 Å². The van der Waals surface area contributed by atoms with E-state index in [-0.39, 0.29) is 24.9 Å². The van der Waals surface area contributed by atoms with E-state index in [1.807, 2.05) is 13.0 Å². The summed E-state index contributed by atoms with van der Waals surface area (Å²) in [7, 11) is -3.59. The summed E-state index contributed by atoms with van der Waals surface area (Å²) in [5.41, 5.74) is 2.39. The highest BCUT2D eigenvalue weighted by Crippen LogP contribution is 2.24. The van der Waals surface area contributed by atoms with Crippen LogP contribution in [0.1, 0.15) is 57.6 Å². The van der Waals surface area contributed by atoms with Crippen LogP contribution in [0.15, 0.2) is 23.1 Å². The van der Waals surface area contributed by atoms with Gasteiger partial charge in [-0.1, -0.05) is 19.9 Å². The van der Waals surface area contributed by atoms with Crippen LogP contribution in [0.2, 0.25) is 0 Å². The molecule has 7 heteroatoms. The Kier molecular flexibility index (Phi) is 7.93. The van der Waals surface area contributed by atoms with E-state index in [0.717, 1.165) is 44.5 Å². The van der Waals surface area contributed by atoms with Crippen molar-refractivity contribution in [1.29, 1.82) is 0 Å². The van der Waals surface area contributed by atoms with Crippen molar-refractivity contribution < 1.29 is 13.2 Å². The highest BCUT2D eigenvalue weighted by atomic mass is 32.2. The first-order chi connectivity index (χ1) is 14.2. The number of carbonyl (C=O) groups excluding carboxylic acids is 1. The average Bonchev–Trinajstić information content (AvgIpc) is 2.66. The molecule has 2 N–H and O–H groups in total. The lowest BCUT2D eigenvalue weighted by atomic mass is 9.92. The Bertz CT molecular complexity index is 830. The average molecular weight is 436 g/mol. The Balaban J connectivity index is 1.43. The van der Waals surface area contributed by atoms with Crippen molar-refractivity contribution in [1.82, 2.24) is 14.9 Å². The highest BCUT2D eigenvalue weighted by molar-refractivity contribution is 7.89. The van der Waals surface area contributed by atoms with Crippen molar-refractivity contribution in [2.75, 3.05) is 26.2 Å². The summed E-state index contributed by atoms with van der Waals surface area (Å²) in [5, 5.41) is 3.01. The van der Waals surface area contributed by atoms with Gasteiger partial charge in [-0.05, 0) is 74.1 Å². The lowest BCUT2D eigenvalue weighted by molar-refractivity contribution is -0.121. The normalized spacial score (nSPS) is 23.6. The van der Waals surface area contributed by atoms with Crippen LogP contribution in [0.4, 0.5) is 0 Å². The summed E-state index contributed by atoms with van der Waals surface area (Å²) in [6.45, 7) is 9.66. The highest BCUT2D eigenvalue weighted by Gasteiger charge is 2.23. The van der Waals surface area contributed by atoms with Crippen LogP contribution in [0.3, 0.4) is 0 Å². The van der Waals surface area contributed by atoms with E-state index >= 15 is 0 Å². The van der Waals surface area contributed by atoms with Crippen molar-refractivity contribution >= 4 is 15.9 Å². The standard InChI is InChI=1S/C23H37N3O3S/c1-17-12-18(2)15-26(14-17)16-19(3)25-23(27)10-11-24-30(28,29)22-9-8-20-6-4-5-7-21(20)13-22/h8-9,13,17-19,24H,4-7,10-12,14-16H2,1-3H3,(H,25,27). The first-order valence-corrected chi connectivity index (χ1v) is 12.8. The second-order valence-electron chi connectivity index (χ2n) is 9.42. The van der Waals surface area contributed by atoms with E-state index in [2.05, 4.69) is 28.8 Å². The van der Waals surface area contributed by atoms with Gasteiger partial charge in [-0.3, -0.25) is 4.79 Å². The van der Waals surface area contributed by atoms with Crippen LogP contribution in [0.5, 0.6) is 0 Å². The largest absolute Gasteiger partial charge is 0.352 e. The Morgan fingerprint density at radius 3 is 2.50 bits per heavy atom. The Morgan fingerprint density at radius 2 is 1.80 bits per heavy atom. The molecular formula is C23H37N3O3S. The molecule has 1 heterocycles. The third kappa shape index (κ3) is 6.53. The number of hydrogen-bond donors (Lipinski definition) is 2. The van der Waals surface area contributed by atoms with E-state index in [0.29, 0.717) is 16.7 Å². The molecule has 3 atom stereocenters. The Hall–Kier alpha value is -1.44. The molecule has 0 bridgehead atoms. The molecule has 0 saturated carbocycles. The molecule has 1 fully saturated rings. The number of sulfonamides is 1. The predicted octanol–water partition coefficient (Wildman–Crippen LogP) is 2.72. The van der Waals surface area contributed by atoms with Crippen LogP contribution in [0, 0.1) is 11.8 Å². The zero-order chi connectivity index (χ0) is 21.7. The minimum absolute atomic E-state index is 0.0484. The topological polar surface area (TPSA) is 78.5 Å². The SMILES string of the molecule is CC1CC(C)CN(CC(C)NC(=O)CCNS(=O)(=O)c2ccc3c(c2)CCCC3)C1. The zero-order valence-electron chi connectivity index (χ0n) is 18.6. The number of nitrogens with zero attached hydrogens (tertiary/aromatic N) is 1. The van der Waals surface area contributed by atoms with Crippen molar-refractivity contribution in [3.8, 4) is 0 Å². The third-order valence-corrected chi connectivity index (χ3v) is 7.62. The number of benzene rings is 1. The van der Waals surface area contributed by atoms with Crippen molar-refractivity contribution in [3.63, 3.8) is 0 Å². The fraction of sp³-hybridized carbons (Fsp3) is 0.696. The quantitative estimate of drug-likeness (QED) is 0.658. The zero-order valence-corrected chi connectivity index (χ0v) is 19.4. The number of carbonyl (C=O) groups is 1. The number of piperidine rings is 1. The first-order valence-electron chi connectivity index (χ1n) is 11.4. The molecule has 1 aromatic rings. The molecule has 1 saturated heterocycles. The van der Waals surface area contributed by atoms with E-state index in [1.165, 1.54) is 18.4 Å². The van der Waals surface area contributed by atoms with Gasteiger partial charge in [0.05, 0.1) is 4.90 Å². The second kappa shape index (κ2) is 10.2.